The molecular formula is C12H24O17P2. The van der Waals surface area contributed by atoms with E-state index >= 15 is 0 Å². The molecule has 2 saturated heterocycles. The topological polar surface area (TPSA) is 283 Å². The van der Waals surface area contributed by atoms with Crippen LogP contribution in [0, 0.1) is 0 Å². The van der Waals surface area contributed by atoms with Gasteiger partial charge in [-0.2, -0.15) is 0 Å². The molecule has 0 aromatic rings. The zero-order chi connectivity index (χ0) is 23.7. The quantitative estimate of drug-likeness (QED) is 0.139. The molecule has 0 bridgehead atoms. The molecule has 0 aromatic heterocycles. The van der Waals surface area contributed by atoms with Crippen molar-refractivity contribution in [3.8, 4) is 0 Å². The van der Waals surface area contributed by atoms with Crippen LogP contribution in [0.15, 0.2) is 0 Å². The lowest BCUT2D eigenvalue weighted by molar-refractivity contribution is -0.352. The summed E-state index contributed by atoms with van der Waals surface area (Å²) in [6.07, 6.45) is -19.0. The number of aliphatic hydroxyl groups is 6. The molecule has 0 radical (unpaired) electrons. The van der Waals surface area contributed by atoms with E-state index in [1.54, 1.807) is 0 Å². The average molecular weight is 502 g/mol. The summed E-state index contributed by atoms with van der Waals surface area (Å²) in [5.74, 6) is 0. The number of hydrogen-bond donors (Lipinski definition) is 10. The highest BCUT2D eigenvalue weighted by molar-refractivity contribution is 7.46. The Morgan fingerprint density at radius 3 is 1.55 bits per heavy atom. The fourth-order valence-electron chi connectivity index (χ4n) is 3.05. The maximum absolute atomic E-state index is 11.0. The van der Waals surface area contributed by atoms with Crippen molar-refractivity contribution in [1.82, 2.24) is 0 Å². The van der Waals surface area contributed by atoms with Crippen molar-refractivity contribution in [1.29, 1.82) is 0 Å². The van der Waals surface area contributed by atoms with Gasteiger partial charge in [0.15, 0.2) is 12.6 Å². The van der Waals surface area contributed by atoms with E-state index in [4.69, 9.17) is 33.8 Å². The summed E-state index contributed by atoms with van der Waals surface area (Å²) < 4.78 is 45.9. The summed E-state index contributed by atoms with van der Waals surface area (Å²) in [7, 11) is -10.3. The first kappa shape index (κ1) is 27.1. The maximum Gasteiger partial charge on any atom is 0.472 e. The first-order chi connectivity index (χ1) is 14.2. The van der Waals surface area contributed by atoms with Crippen LogP contribution in [0.5, 0.6) is 0 Å². The molecule has 2 rings (SSSR count). The van der Waals surface area contributed by atoms with Crippen LogP contribution in [-0.4, -0.2) is 125 Å². The molecule has 184 valence electrons. The van der Waals surface area contributed by atoms with Gasteiger partial charge in [-0.1, -0.05) is 0 Å². The number of phosphoric acid groups is 2. The molecule has 2 aliphatic heterocycles. The lowest BCUT2D eigenvalue weighted by atomic mass is 9.97. The molecule has 2 fully saturated rings. The van der Waals surface area contributed by atoms with E-state index in [2.05, 4.69) is 9.05 Å². The van der Waals surface area contributed by atoms with Crippen molar-refractivity contribution in [2.45, 2.75) is 61.4 Å². The molecule has 17 nitrogen and oxygen atoms in total. The second-order valence-electron chi connectivity index (χ2n) is 6.67. The Kier molecular flexibility index (Phi) is 9.11. The second kappa shape index (κ2) is 10.4. The Bertz CT molecular complexity index is 676. The third-order valence-electron chi connectivity index (χ3n) is 4.43. The first-order valence-corrected chi connectivity index (χ1v) is 11.6. The third kappa shape index (κ3) is 6.92. The molecule has 2 unspecified atom stereocenters. The van der Waals surface area contributed by atoms with Crippen molar-refractivity contribution in [3.63, 3.8) is 0 Å². The zero-order valence-corrected chi connectivity index (χ0v) is 17.2. The molecule has 0 aromatic carbocycles. The predicted molar refractivity (Wildman–Crippen MR) is 90.4 cm³/mol. The van der Waals surface area contributed by atoms with Gasteiger partial charge in [-0.3, -0.25) is 9.05 Å². The molecule has 0 spiro atoms. The van der Waals surface area contributed by atoms with E-state index in [-0.39, 0.29) is 0 Å². The number of ether oxygens (including phenoxy) is 3. The molecule has 0 amide bonds. The van der Waals surface area contributed by atoms with Crippen molar-refractivity contribution >= 4 is 15.6 Å². The van der Waals surface area contributed by atoms with Crippen LogP contribution in [0.1, 0.15) is 0 Å². The van der Waals surface area contributed by atoms with Gasteiger partial charge in [-0.05, 0) is 0 Å². The van der Waals surface area contributed by atoms with Crippen LogP contribution in [0.25, 0.3) is 0 Å². The molecule has 10 atom stereocenters. The molecule has 2 heterocycles. The highest BCUT2D eigenvalue weighted by Crippen LogP contribution is 2.43. The minimum absolute atomic E-state index is 0.936. The van der Waals surface area contributed by atoms with E-state index < -0.39 is 90.3 Å². The van der Waals surface area contributed by atoms with E-state index in [0.717, 1.165) is 0 Å². The monoisotopic (exact) mass is 502 g/mol. The summed E-state index contributed by atoms with van der Waals surface area (Å²) in [6.45, 7) is -1.89. The Morgan fingerprint density at radius 1 is 0.645 bits per heavy atom. The van der Waals surface area contributed by atoms with Crippen LogP contribution < -0.4 is 0 Å². The van der Waals surface area contributed by atoms with Crippen molar-refractivity contribution in [2.75, 3.05) is 13.2 Å². The largest absolute Gasteiger partial charge is 0.472 e. The molecule has 2 aliphatic rings. The van der Waals surface area contributed by atoms with Gasteiger partial charge in [-0.15, -0.1) is 0 Å². The molecule has 10 N–H and O–H groups in total. The van der Waals surface area contributed by atoms with E-state index in [1.165, 1.54) is 0 Å². The summed E-state index contributed by atoms with van der Waals surface area (Å²) >= 11 is 0. The van der Waals surface area contributed by atoms with Crippen LogP contribution in [0.3, 0.4) is 0 Å². The average Bonchev–Trinajstić information content (AvgIpc) is 2.64. The van der Waals surface area contributed by atoms with Crippen LogP contribution in [-0.2, 0) is 32.4 Å². The normalized spacial score (nSPS) is 42.5. The molecule has 31 heavy (non-hydrogen) atoms. The Morgan fingerprint density at radius 2 is 1.06 bits per heavy atom. The summed E-state index contributed by atoms with van der Waals surface area (Å²) in [6, 6.07) is 0. The van der Waals surface area contributed by atoms with Crippen LogP contribution >= 0.6 is 15.6 Å². The smallest absolute Gasteiger partial charge is 0.394 e. The predicted octanol–water partition coefficient (Wildman–Crippen LogP) is -5.16. The van der Waals surface area contributed by atoms with Gasteiger partial charge in [0, 0.05) is 0 Å². The highest BCUT2D eigenvalue weighted by Gasteiger charge is 2.53. The number of rotatable bonds is 8. The van der Waals surface area contributed by atoms with Gasteiger partial charge in [0.2, 0.25) is 0 Å². The molecule has 19 heteroatoms. The maximum atomic E-state index is 11.0. The van der Waals surface area contributed by atoms with Gasteiger partial charge in [-0.25, -0.2) is 9.13 Å². The molecular weight excluding hydrogens is 478 g/mol. The van der Waals surface area contributed by atoms with Gasteiger partial charge in [0.05, 0.1) is 13.2 Å². The van der Waals surface area contributed by atoms with E-state index in [9.17, 15) is 39.8 Å². The van der Waals surface area contributed by atoms with Gasteiger partial charge < -0.3 is 64.4 Å². The Labute approximate surface area is 173 Å². The summed E-state index contributed by atoms with van der Waals surface area (Å²) in [5.41, 5.74) is 0. The lowest BCUT2D eigenvalue weighted by Crippen LogP contribution is -2.64. The minimum Gasteiger partial charge on any atom is -0.394 e. The van der Waals surface area contributed by atoms with Crippen LogP contribution in [0.4, 0.5) is 0 Å². The summed E-state index contributed by atoms with van der Waals surface area (Å²) in [4.78, 5) is 35.5. The number of phosphoric ester groups is 2. The molecule has 0 aliphatic carbocycles. The van der Waals surface area contributed by atoms with Crippen LogP contribution in [0.2, 0.25) is 0 Å². The third-order valence-corrected chi connectivity index (χ3v) is 5.43. The molecule has 0 saturated carbocycles. The lowest BCUT2D eigenvalue weighted by Gasteiger charge is -2.46. The zero-order valence-electron chi connectivity index (χ0n) is 15.4. The van der Waals surface area contributed by atoms with Gasteiger partial charge >= 0.3 is 15.6 Å². The Balaban J connectivity index is 2.16. The number of hydrogen-bond acceptors (Lipinski definition) is 13. The Hall–Kier alpha value is -0.140. The highest BCUT2D eigenvalue weighted by atomic mass is 31.2. The van der Waals surface area contributed by atoms with E-state index in [1.807, 2.05) is 0 Å². The van der Waals surface area contributed by atoms with Gasteiger partial charge in [0.1, 0.15) is 48.8 Å². The summed E-state index contributed by atoms with van der Waals surface area (Å²) in [5, 5.41) is 59.4. The minimum atomic E-state index is -5.17. The first-order valence-electron chi connectivity index (χ1n) is 8.56. The van der Waals surface area contributed by atoms with Crippen molar-refractivity contribution in [2.24, 2.45) is 0 Å². The van der Waals surface area contributed by atoms with Gasteiger partial charge in [0.25, 0.3) is 0 Å². The van der Waals surface area contributed by atoms with Crippen molar-refractivity contribution in [3.05, 3.63) is 0 Å². The second-order valence-corrected chi connectivity index (χ2v) is 9.05. The van der Waals surface area contributed by atoms with E-state index in [0.29, 0.717) is 0 Å². The van der Waals surface area contributed by atoms with Crippen molar-refractivity contribution < 1.29 is 82.6 Å². The SMILES string of the molecule is O=P(O)(O)OC1O[C@H](CO)[C@@H](OC2O[C@H](CO)[C@@H](OP(=O)(O)O)[C@H](O)[C@H]2O)[C@H](O)[C@H]1O. The number of aliphatic hydroxyl groups excluding tert-OH is 6. The fourth-order valence-corrected chi connectivity index (χ4v) is 4.07. The standard InChI is InChI=1S/C12H24O17P2/c13-1-3-9(5(15)8(18)12(26-3)29-31(22,23)24)27-11-7(17)6(16)10(4(2-14)25-11)28-30(19,20)21/h3-18H,1-2H2,(H2,19,20,21)(H2,22,23,24)/t3-,4-,5-,6-,7-,8-,9-,10-,11?,12?/m1/s1. The fraction of sp³-hybridized carbons (Fsp3) is 1.00.